The molecule has 0 saturated heterocycles. The van der Waals surface area contributed by atoms with E-state index >= 15 is 0 Å². The Balaban J connectivity index is 2.04. The highest BCUT2D eigenvalue weighted by Gasteiger charge is 2.29. The highest BCUT2D eigenvalue weighted by Crippen LogP contribution is 2.24. The van der Waals surface area contributed by atoms with Gasteiger partial charge in [-0.2, -0.15) is 0 Å². The molecule has 16 heavy (non-hydrogen) atoms. The Hall–Kier alpha value is -0.120. The summed E-state index contributed by atoms with van der Waals surface area (Å²) >= 11 is 0. The van der Waals surface area contributed by atoms with Crippen LogP contribution in [0, 0.1) is 5.41 Å². The molecule has 1 fully saturated rings. The van der Waals surface area contributed by atoms with Gasteiger partial charge in [0.15, 0.2) is 0 Å². The van der Waals surface area contributed by atoms with Crippen LogP contribution in [0.15, 0.2) is 0 Å². The lowest BCUT2D eigenvalue weighted by Crippen LogP contribution is -2.48. The first-order valence-electron chi connectivity index (χ1n) is 6.43. The number of nitrogens with one attached hydrogen (secondary N) is 1. The lowest BCUT2D eigenvalue weighted by Gasteiger charge is -2.36. The molecule has 0 heterocycles. The van der Waals surface area contributed by atoms with Crippen LogP contribution in [0.5, 0.6) is 0 Å². The topological polar surface area (TPSA) is 41.5 Å². The SMILES string of the molecule is CCOC1CC(NCC(O)CC(C)(C)C)C1. The first-order valence-corrected chi connectivity index (χ1v) is 6.43. The van der Waals surface area contributed by atoms with Gasteiger partial charge >= 0.3 is 0 Å². The molecule has 0 spiro atoms. The molecule has 2 N–H and O–H groups in total. The van der Waals surface area contributed by atoms with E-state index in [1.165, 1.54) is 0 Å². The summed E-state index contributed by atoms with van der Waals surface area (Å²) in [5.74, 6) is 0. The van der Waals surface area contributed by atoms with Crippen molar-refractivity contribution in [2.24, 2.45) is 5.41 Å². The lowest BCUT2D eigenvalue weighted by atomic mass is 9.87. The van der Waals surface area contributed by atoms with Crippen molar-refractivity contribution >= 4 is 0 Å². The molecule has 0 aromatic heterocycles. The van der Waals surface area contributed by atoms with Crippen LogP contribution in [0.25, 0.3) is 0 Å². The number of rotatable bonds is 6. The average Bonchev–Trinajstić information content (AvgIpc) is 2.05. The molecule has 1 saturated carbocycles. The van der Waals surface area contributed by atoms with Gasteiger partial charge in [0.05, 0.1) is 12.2 Å². The van der Waals surface area contributed by atoms with Crippen molar-refractivity contribution in [3.63, 3.8) is 0 Å². The second-order valence-electron chi connectivity index (χ2n) is 6.07. The van der Waals surface area contributed by atoms with Crippen LogP contribution < -0.4 is 5.32 Å². The fourth-order valence-electron chi connectivity index (χ4n) is 2.19. The second-order valence-corrected chi connectivity index (χ2v) is 6.07. The molecule has 1 atom stereocenters. The minimum absolute atomic E-state index is 0.203. The summed E-state index contributed by atoms with van der Waals surface area (Å²) in [5, 5.41) is 13.2. The van der Waals surface area contributed by atoms with E-state index in [0.717, 1.165) is 25.9 Å². The van der Waals surface area contributed by atoms with E-state index < -0.39 is 0 Å². The molecular weight excluding hydrogens is 202 g/mol. The van der Waals surface area contributed by atoms with E-state index in [4.69, 9.17) is 4.74 Å². The zero-order chi connectivity index (χ0) is 12.2. The van der Waals surface area contributed by atoms with Crippen LogP contribution in [0.4, 0.5) is 0 Å². The standard InChI is InChI=1S/C13H27NO2/c1-5-16-12-6-10(7-12)14-9-11(15)8-13(2,3)4/h10-12,14-15H,5-9H2,1-4H3. The van der Waals surface area contributed by atoms with Crippen LogP contribution >= 0.6 is 0 Å². The molecule has 3 heteroatoms. The largest absolute Gasteiger partial charge is 0.392 e. The van der Waals surface area contributed by atoms with Gasteiger partial charge in [-0.15, -0.1) is 0 Å². The van der Waals surface area contributed by atoms with Crippen molar-refractivity contribution < 1.29 is 9.84 Å². The molecule has 0 radical (unpaired) electrons. The van der Waals surface area contributed by atoms with E-state index in [1.807, 2.05) is 6.92 Å². The number of hydrogen-bond donors (Lipinski definition) is 2. The van der Waals surface area contributed by atoms with Crippen molar-refractivity contribution in [3.8, 4) is 0 Å². The van der Waals surface area contributed by atoms with E-state index in [9.17, 15) is 5.11 Å². The van der Waals surface area contributed by atoms with Crippen LogP contribution in [0.2, 0.25) is 0 Å². The highest BCUT2D eigenvalue weighted by atomic mass is 16.5. The molecule has 0 aromatic rings. The summed E-state index contributed by atoms with van der Waals surface area (Å²) in [7, 11) is 0. The lowest BCUT2D eigenvalue weighted by molar-refractivity contribution is -0.0132. The molecule has 0 amide bonds. The predicted octanol–water partition coefficient (Wildman–Crippen LogP) is 1.94. The van der Waals surface area contributed by atoms with Crippen LogP contribution in [0.3, 0.4) is 0 Å². The first-order chi connectivity index (χ1) is 7.40. The molecule has 1 unspecified atom stereocenters. The van der Waals surface area contributed by atoms with Gasteiger partial charge in [0.25, 0.3) is 0 Å². The Bertz CT molecular complexity index is 195. The summed E-state index contributed by atoms with van der Waals surface area (Å²) in [6.45, 7) is 10.0. The zero-order valence-electron chi connectivity index (χ0n) is 11.1. The van der Waals surface area contributed by atoms with Crippen molar-refractivity contribution in [2.75, 3.05) is 13.2 Å². The van der Waals surface area contributed by atoms with Crippen LogP contribution in [-0.4, -0.2) is 36.5 Å². The van der Waals surface area contributed by atoms with Gasteiger partial charge in [0.1, 0.15) is 0 Å². The van der Waals surface area contributed by atoms with Crippen molar-refractivity contribution in [3.05, 3.63) is 0 Å². The van der Waals surface area contributed by atoms with E-state index in [1.54, 1.807) is 0 Å². The fraction of sp³-hybridized carbons (Fsp3) is 1.00. The van der Waals surface area contributed by atoms with E-state index in [0.29, 0.717) is 18.7 Å². The minimum Gasteiger partial charge on any atom is -0.392 e. The molecule has 1 aliphatic carbocycles. The molecule has 0 bridgehead atoms. The maximum absolute atomic E-state index is 9.83. The fourth-order valence-corrected chi connectivity index (χ4v) is 2.19. The number of aliphatic hydroxyl groups is 1. The Morgan fingerprint density at radius 1 is 1.38 bits per heavy atom. The summed E-state index contributed by atoms with van der Waals surface area (Å²) in [5.41, 5.74) is 0.203. The Morgan fingerprint density at radius 2 is 2.00 bits per heavy atom. The van der Waals surface area contributed by atoms with Crippen LogP contribution in [-0.2, 0) is 4.74 Å². The second kappa shape index (κ2) is 5.99. The molecule has 1 rings (SSSR count). The molecule has 96 valence electrons. The van der Waals surface area contributed by atoms with Gasteiger partial charge in [-0.25, -0.2) is 0 Å². The zero-order valence-corrected chi connectivity index (χ0v) is 11.1. The van der Waals surface area contributed by atoms with E-state index in [2.05, 4.69) is 26.1 Å². The summed E-state index contributed by atoms with van der Waals surface area (Å²) < 4.78 is 5.49. The maximum Gasteiger partial charge on any atom is 0.0669 e. The Kier molecular flexibility index (Phi) is 5.22. The highest BCUT2D eigenvalue weighted by molar-refractivity contribution is 4.86. The van der Waals surface area contributed by atoms with Gasteiger partial charge in [-0.3, -0.25) is 0 Å². The Morgan fingerprint density at radius 3 is 2.50 bits per heavy atom. The first kappa shape index (κ1) is 13.9. The number of aliphatic hydroxyl groups excluding tert-OH is 1. The summed E-state index contributed by atoms with van der Waals surface area (Å²) in [4.78, 5) is 0. The third-order valence-electron chi connectivity index (χ3n) is 2.99. The smallest absolute Gasteiger partial charge is 0.0669 e. The average molecular weight is 229 g/mol. The maximum atomic E-state index is 9.83. The third-order valence-corrected chi connectivity index (χ3v) is 2.99. The number of ether oxygens (including phenoxy) is 1. The van der Waals surface area contributed by atoms with Gasteiger partial charge in [0.2, 0.25) is 0 Å². The van der Waals surface area contributed by atoms with Gasteiger partial charge in [0, 0.05) is 19.2 Å². The quantitative estimate of drug-likeness (QED) is 0.731. The normalized spacial score (nSPS) is 27.6. The monoisotopic (exact) mass is 229 g/mol. The Labute approximate surface area is 99.6 Å². The molecule has 3 nitrogen and oxygen atoms in total. The van der Waals surface area contributed by atoms with Crippen molar-refractivity contribution in [1.29, 1.82) is 0 Å². The molecule has 1 aliphatic rings. The van der Waals surface area contributed by atoms with Gasteiger partial charge in [-0.1, -0.05) is 20.8 Å². The molecule has 0 aliphatic heterocycles. The van der Waals surface area contributed by atoms with Gasteiger partial charge < -0.3 is 15.2 Å². The summed E-state index contributed by atoms with van der Waals surface area (Å²) in [6, 6.07) is 0.547. The van der Waals surface area contributed by atoms with Crippen LogP contribution in [0.1, 0.15) is 47.0 Å². The van der Waals surface area contributed by atoms with Gasteiger partial charge in [-0.05, 0) is 31.6 Å². The van der Waals surface area contributed by atoms with E-state index in [-0.39, 0.29) is 11.5 Å². The summed E-state index contributed by atoms with van der Waals surface area (Å²) in [6.07, 6.45) is 3.25. The minimum atomic E-state index is -0.230. The number of hydrogen-bond acceptors (Lipinski definition) is 3. The van der Waals surface area contributed by atoms with Crippen molar-refractivity contribution in [2.45, 2.75) is 65.2 Å². The molecule has 0 aromatic carbocycles. The predicted molar refractivity (Wildman–Crippen MR) is 66.5 cm³/mol. The third kappa shape index (κ3) is 5.28. The molecular formula is C13H27NO2. The van der Waals surface area contributed by atoms with Crippen molar-refractivity contribution in [1.82, 2.24) is 5.32 Å².